The molecule has 1 aromatic carbocycles. The molecule has 7 heteroatoms. The van der Waals surface area contributed by atoms with E-state index in [0.717, 1.165) is 12.1 Å². The van der Waals surface area contributed by atoms with Gasteiger partial charge < -0.3 is 4.90 Å². The average molecular weight is 429 g/mol. The third-order valence-electron chi connectivity index (χ3n) is 4.96. The van der Waals surface area contributed by atoms with Crippen molar-refractivity contribution in [3.8, 4) is 11.1 Å². The molecule has 0 amide bonds. The maximum Gasteiger partial charge on any atom is 0.0674 e. The molecule has 0 saturated heterocycles. The van der Waals surface area contributed by atoms with Gasteiger partial charge in [0.05, 0.1) is 5.69 Å². The van der Waals surface area contributed by atoms with Crippen LogP contribution in [0.5, 0.6) is 0 Å². The number of aromatic nitrogens is 2. The van der Waals surface area contributed by atoms with Crippen LogP contribution in [0.15, 0.2) is 18.2 Å². The van der Waals surface area contributed by atoms with Crippen molar-refractivity contribution in [1.82, 2.24) is 14.7 Å². The van der Waals surface area contributed by atoms with Gasteiger partial charge >= 0.3 is 0 Å². The zero-order chi connectivity index (χ0) is 15.1. The molecule has 0 radical (unpaired) electrons. The van der Waals surface area contributed by atoms with Crippen LogP contribution in [-0.4, -0.2) is 34.8 Å². The molecule has 144 valence electrons. The van der Waals surface area contributed by atoms with Crippen molar-refractivity contribution in [3.63, 3.8) is 0 Å². The summed E-state index contributed by atoms with van der Waals surface area (Å²) in [4.78, 5) is 2.36. The van der Waals surface area contributed by atoms with E-state index in [1.54, 1.807) is 0 Å². The summed E-state index contributed by atoms with van der Waals surface area (Å²) in [6.45, 7) is 4.29. The summed E-state index contributed by atoms with van der Waals surface area (Å²) in [7, 11) is 6.41. The third kappa shape index (κ3) is 5.05. The van der Waals surface area contributed by atoms with Crippen LogP contribution in [0.3, 0.4) is 0 Å². The Hall–Kier alpha value is -0.450. The van der Waals surface area contributed by atoms with Crippen LogP contribution in [0.4, 0.5) is 0 Å². The van der Waals surface area contributed by atoms with Gasteiger partial charge in [-0.15, -0.1) is 49.6 Å². The van der Waals surface area contributed by atoms with Crippen molar-refractivity contribution in [2.24, 2.45) is 7.05 Å². The normalized spacial score (nSPS) is 15.2. The lowest BCUT2D eigenvalue weighted by Crippen LogP contribution is -2.33. The topological polar surface area (TPSA) is 21.1 Å². The monoisotopic (exact) mass is 427 g/mol. The van der Waals surface area contributed by atoms with Crippen molar-refractivity contribution in [3.05, 3.63) is 40.7 Å². The molecule has 0 bridgehead atoms. The highest BCUT2D eigenvalue weighted by atomic mass is 35.5. The van der Waals surface area contributed by atoms with Crippen molar-refractivity contribution in [2.75, 3.05) is 14.1 Å². The Balaban J connectivity index is 0. The zero-order valence-electron chi connectivity index (χ0n) is 15.4. The molecule has 3 rings (SSSR count). The summed E-state index contributed by atoms with van der Waals surface area (Å²) in [6.07, 6.45) is 3.58. The van der Waals surface area contributed by atoms with E-state index >= 15 is 0 Å². The fourth-order valence-corrected chi connectivity index (χ4v) is 3.63. The standard InChI is InChI=1S/C18H25N3.4ClH/c1-12-18(13(2)21(5)19-12)17-8-6-7-14-11-15(20(3)4)9-10-16(14)17;;;;/h6-8,15H,9-11H2,1-5H3;4*1H/t15-;;;;/m1..../s1. The lowest BCUT2D eigenvalue weighted by Gasteiger charge is -2.31. The third-order valence-corrected chi connectivity index (χ3v) is 4.96. The molecule has 0 aliphatic heterocycles. The van der Waals surface area contributed by atoms with Gasteiger partial charge in [-0.2, -0.15) is 5.10 Å². The largest absolute Gasteiger partial charge is 0.306 e. The Kier molecular flexibility index (Phi) is 11.4. The number of likely N-dealkylation sites (N-methyl/N-ethyl adjacent to an activating group) is 1. The van der Waals surface area contributed by atoms with Crippen LogP contribution in [-0.2, 0) is 19.9 Å². The smallest absolute Gasteiger partial charge is 0.0674 e. The molecule has 0 saturated carbocycles. The van der Waals surface area contributed by atoms with E-state index in [1.165, 1.54) is 40.8 Å². The van der Waals surface area contributed by atoms with Gasteiger partial charge in [-0.05, 0) is 63.9 Å². The van der Waals surface area contributed by atoms with Gasteiger partial charge in [0.25, 0.3) is 0 Å². The molecule has 0 fully saturated rings. The van der Waals surface area contributed by atoms with Gasteiger partial charge in [0.15, 0.2) is 0 Å². The second kappa shape index (κ2) is 10.6. The van der Waals surface area contributed by atoms with Crippen molar-refractivity contribution in [2.45, 2.75) is 39.2 Å². The maximum absolute atomic E-state index is 4.59. The summed E-state index contributed by atoms with van der Waals surface area (Å²) in [5, 5.41) is 4.59. The highest BCUT2D eigenvalue weighted by molar-refractivity contribution is 5.86. The molecule has 1 heterocycles. The number of aryl methyl sites for hydroxylation is 2. The van der Waals surface area contributed by atoms with Crippen LogP contribution in [0.25, 0.3) is 11.1 Å². The molecule has 2 aromatic rings. The van der Waals surface area contributed by atoms with E-state index < -0.39 is 0 Å². The molecule has 1 aliphatic rings. The number of fused-ring (bicyclic) bond motifs is 1. The van der Waals surface area contributed by atoms with Gasteiger partial charge in [0.2, 0.25) is 0 Å². The molecule has 1 aromatic heterocycles. The van der Waals surface area contributed by atoms with Gasteiger partial charge in [-0.1, -0.05) is 18.2 Å². The minimum absolute atomic E-state index is 0. The van der Waals surface area contributed by atoms with Gasteiger partial charge in [-0.25, -0.2) is 0 Å². The quantitative estimate of drug-likeness (QED) is 0.684. The number of nitrogens with zero attached hydrogens (tertiary/aromatic N) is 3. The number of halogens is 4. The van der Waals surface area contributed by atoms with Gasteiger partial charge in [-0.3, -0.25) is 4.68 Å². The van der Waals surface area contributed by atoms with Crippen molar-refractivity contribution < 1.29 is 0 Å². The number of benzene rings is 1. The molecular formula is C18H29Cl4N3. The fraction of sp³-hybridized carbons (Fsp3) is 0.500. The summed E-state index contributed by atoms with van der Waals surface area (Å²) >= 11 is 0. The second-order valence-electron chi connectivity index (χ2n) is 6.47. The zero-order valence-corrected chi connectivity index (χ0v) is 18.7. The molecule has 1 aliphatic carbocycles. The van der Waals surface area contributed by atoms with E-state index in [1.807, 2.05) is 11.7 Å². The average Bonchev–Trinajstić information content (AvgIpc) is 2.71. The summed E-state index contributed by atoms with van der Waals surface area (Å²) in [5.41, 5.74) is 8.18. The van der Waals surface area contributed by atoms with Crippen LogP contribution in [0.2, 0.25) is 0 Å². The number of hydrogen-bond donors (Lipinski definition) is 0. The molecular weight excluding hydrogens is 400 g/mol. The van der Waals surface area contributed by atoms with Gasteiger partial charge in [0.1, 0.15) is 0 Å². The van der Waals surface area contributed by atoms with Crippen LogP contribution in [0.1, 0.15) is 28.9 Å². The highest BCUT2D eigenvalue weighted by Crippen LogP contribution is 2.35. The Labute approximate surface area is 176 Å². The predicted octanol–water partition coefficient (Wildman–Crippen LogP) is 4.81. The second-order valence-corrected chi connectivity index (χ2v) is 6.47. The highest BCUT2D eigenvalue weighted by Gasteiger charge is 2.24. The molecule has 0 unspecified atom stereocenters. The van der Waals surface area contributed by atoms with Crippen LogP contribution < -0.4 is 0 Å². The Morgan fingerprint density at radius 2 is 1.72 bits per heavy atom. The predicted molar refractivity (Wildman–Crippen MR) is 117 cm³/mol. The summed E-state index contributed by atoms with van der Waals surface area (Å²) in [6, 6.07) is 7.45. The minimum atomic E-state index is 0. The summed E-state index contributed by atoms with van der Waals surface area (Å²) in [5.74, 6) is 0. The molecule has 3 nitrogen and oxygen atoms in total. The lowest BCUT2D eigenvalue weighted by molar-refractivity contribution is 0.268. The first-order valence-corrected chi connectivity index (χ1v) is 7.76. The van der Waals surface area contributed by atoms with E-state index in [0.29, 0.717) is 6.04 Å². The van der Waals surface area contributed by atoms with Crippen LogP contribution in [0, 0.1) is 13.8 Å². The molecule has 25 heavy (non-hydrogen) atoms. The van der Waals surface area contributed by atoms with E-state index in [2.05, 4.69) is 56.1 Å². The maximum atomic E-state index is 4.59. The van der Waals surface area contributed by atoms with E-state index in [-0.39, 0.29) is 49.6 Å². The van der Waals surface area contributed by atoms with E-state index in [9.17, 15) is 0 Å². The minimum Gasteiger partial charge on any atom is -0.306 e. The first-order valence-electron chi connectivity index (χ1n) is 7.76. The lowest BCUT2D eigenvalue weighted by atomic mass is 9.83. The number of hydrogen-bond acceptors (Lipinski definition) is 2. The Morgan fingerprint density at radius 1 is 1.08 bits per heavy atom. The first kappa shape index (κ1) is 26.8. The van der Waals surface area contributed by atoms with E-state index in [4.69, 9.17) is 0 Å². The van der Waals surface area contributed by atoms with Crippen LogP contribution >= 0.6 is 49.6 Å². The SMILES string of the molecule is Cc1nn(C)c(C)c1-c1cccc2c1CC[C@@H](N(C)C)C2.Cl.Cl.Cl.Cl. The molecule has 0 N–H and O–H groups in total. The Morgan fingerprint density at radius 3 is 2.24 bits per heavy atom. The first-order chi connectivity index (χ1) is 9.99. The molecule has 1 atom stereocenters. The molecule has 0 spiro atoms. The fourth-order valence-electron chi connectivity index (χ4n) is 3.63. The van der Waals surface area contributed by atoms with Gasteiger partial charge in [0, 0.05) is 24.3 Å². The van der Waals surface area contributed by atoms with Crippen molar-refractivity contribution in [1.29, 1.82) is 0 Å². The summed E-state index contributed by atoms with van der Waals surface area (Å²) < 4.78 is 2.00. The van der Waals surface area contributed by atoms with Crippen molar-refractivity contribution >= 4 is 49.6 Å². The Bertz CT molecular complexity index is 683. The number of rotatable bonds is 2.